The van der Waals surface area contributed by atoms with Crippen molar-refractivity contribution in [2.75, 3.05) is 19.9 Å². The van der Waals surface area contributed by atoms with Gasteiger partial charge in [0, 0.05) is 6.04 Å². The Balaban J connectivity index is 2.06. The lowest BCUT2D eigenvalue weighted by Gasteiger charge is -2.29. The largest absolute Gasteiger partial charge is 0.371 e. The maximum absolute atomic E-state index is 8.61. The van der Waals surface area contributed by atoms with Crippen LogP contribution in [0.15, 0.2) is 0 Å². The highest BCUT2D eigenvalue weighted by Gasteiger charge is 2.21. The fraction of sp³-hybridized carbons (Fsp3) is 1.00. The maximum atomic E-state index is 8.61. The Hall–Kier alpha value is -0.120. The van der Waals surface area contributed by atoms with Crippen molar-refractivity contribution < 1.29 is 9.84 Å². The van der Waals surface area contributed by atoms with E-state index < -0.39 is 0 Å². The molecule has 0 aliphatic heterocycles. The molecular formula is C14H29NO2. The Morgan fingerprint density at radius 2 is 2.00 bits per heavy atom. The van der Waals surface area contributed by atoms with E-state index in [1.54, 1.807) is 0 Å². The number of nitrogens with one attached hydrogen (secondary N) is 1. The number of aliphatic hydroxyl groups excluding tert-OH is 1. The summed E-state index contributed by atoms with van der Waals surface area (Å²) in [6.45, 7) is 6.35. The van der Waals surface area contributed by atoms with Crippen molar-refractivity contribution in [1.82, 2.24) is 5.32 Å². The number of rotatable bonds is 8. The molecule has 1 atom stereocenters. The molecule has 102 valence electrons. The van der Waals surface area contributed by atoms with Gasteiger partial charge in [-0.05, 0) is 50.5 Å². The normalized spacial score (nSPS) is 27.0. The van der Waals surface area contributed by atoms with Crippen LogP contribution in [0.4, 0.5) is 0 Å². The van der Waals surface area contributed by atoms with Gasteiger partial charge in [0.05, 0.1) is 6.61 Å². The smallest absolute Gasteiger partial charge is 0.143 e. The minimum atomic E-state index is -0.132. The van der Waals surface area contributed by atoms with Gasteiger partial charge in [-0.25, -0.2) is 0 Å². The van der Waals surface area contributed by atoms with Crippen molar-refractivity contribution in [2.24, 2.45) is 11.8 Å². The molecule has 3 heteroatoms. The van der Waals surface area contributed by atoms with Gasteiger partial charge < -0.3 is 15.2 Å². The summed E-state index contributed by atoms with van der Waals surface area (Å²) >= 11 is 0. The second-order valence-corrected chi connectivity index (χ2v) is 5.52. The molecule has 0 radical (unpaired) electrons. The summed E-state index contributed by atoms with van der Waals surface area (Å²) in [5.41, 5.74) is 0. The van der Waals surface area contributed by atoms with Gasteiger partial charge in [0.1, 0.15) is 6.79 Å². The Morgan fingerprint density at radius 3 is 2.59 bits per heavy atom. The maximum Gasteiger partial charge on any atom is 0.143 e. The van der Waals surface area contributed by atoms with Gasteiger partial charge in [0.15, 0.2) is 0 Å². The van der Waals surface area contributed by atoms with Crippen LogP contribution in [0.5, 0.6) is 0 Å². The van der Waals surface area contributed by atoms with Gasteiger partial charge in [-0.15, -0.1) is 0 Å². The second kappa shape index (κ2) is 8.90. The van der Waals surface area contributed by atoms with Crippen LogP contribution in [0.25, 0.3) is 0 Å². The van der Waals surface area contributed by atoms with E-state index in [-0.39, 0.29) is 6.79 Å². The highest BCUT2D eigenvalue weighted by molar-refractivity contribution is 4.77. The van der Waals surface area contributed by atoms with Crippen LogP contribution in [-0.2, 0) is 4.74 Å². The number of aliphatic hydroxyl groups is 1. The fourth-order valence-corrected chi connectivity index (χ4v) is 2.72. The molecule has 0 saturated heterocycles. The first-order chi connectivity index (χ1) is 8.26. The lowest BCUT2D eigenvalue weighted by molar-refractivity contribution is -0.0235. The lowest BCUT2D eigenvalue weighted by atomic mass is 9.86. The van der Waals surface area contributed by atoms with Crippen LogP contribution in [-0.4, -0.2) is 31.1 Å². The summed E-state index contributed by atoms with van der Waals surface area (Å²) in [6.07, 6.45) is 7.61. The average molecular weight is 243 g/mol. The molecule has 1 rings (SSSR count). The summed E-state index contributed by atoms with van der Waals surface area (Å²) in [5, 5.41) is 12.3. The average Bonchev–Trinajstić information content (AvgIpc) is 2.35. The standard InChI is InChI=1S/C14H29NO2/c1-3-4-12(2)9-15-14-7-5-13(6-8-14)10-17-11-16/h12-16H,3-11H2,1-2H3. The van der Waals surface area contributed by atoms with Crippen molar-refractivity contribution >= 4 is 0 Å². The molecule has 3 nitrogen and oxygen atoms in total. The number of ether oxygens (including phenoxy) is 1. The minimum absolute atomic E-state index is 0.132. The van der Waals surface area contributed by atoms with Crippen LogP contribution in [0.3, 0.4) is 0 Å². The van der Waals surface area contributed by atoms with Crippen molar-refractivity contribution in [3.63, 3.8) is 0 Å². The molecule has 1 aliphatic carbocycles. The molecule has 0 aromatic heterocycles. The minimum Gasteiger partial charge on any atom is -0.371 e. The highest BCUT2D eigenvalue weighted by atomic mass is 16.6. The third-order valence-electron chi connectivity index (χ3n) is 3.83. The Labute approximate surface area is 106 Å². The van der Waals surface area contributed by atoms with Gasteiger partial charge >= 0.3 is 0 Å². The molecule has 1 fully saturated rings. The van der Waals surface area contributed by atoms with E-state index >= 15 is 0 Å². The van der Waals surface area contributed by atoms with E-state index in [0.717, 1.165) is 19.1 Å². The predicted octanol–water partition coefficient (Wildman–Crippen LogP) is 2.54. The first-order valence-electron chi connectivity index (χ1n) is 7.18. The second-order valence-electron chi connectivity index (χ2n) is 5.52. The molecule has 0 bridgehead atoms. The van der Waals surface area contributed by atoms with Crippen molar-refractivity contribution in [3.8, 4) is 0 Å². The molecule has 0 heterocycles. The Kier molecular flexibility index (Phi) is 7.82. The van der Waals surface area contributed by atoms with E-state index in [1.165, 1.54) is 38.5 Å². The van der Waals surface area contributed by atoms with Crippen LogP contribution in [0.2, 0.25) is 0 Å². The SMILES string of the molecule is CCCC(C)CNC1CCC(COCO)CC1. The molecule has 2 N–H and O–H groups in total. The van der Waals surface area contributed by atoms with Crippen molar-refractivity contribution in [3.05, 3.63) is 0 Å². The first kappa shape index (κ1) is 14.9. The predicted molar refractivity (Wildman–Crippen MR) is 70.9 cm³/mol. The van der Waals surface area contributed by atoms with Crippen molar-refractivity contribution in [2.45, 2.75) is 58.4 Å². The quantitative estimate of drug-likeness (QED) is 0.644. The Morgan fingerprint density at radius 1 is 1.29 bits per heavy atom. The summed E-state index contributed by atoms with van der Waals surface area (Å²) in [7, 11) is 0. The highest BCUT2D eigenvalue weighted by Crippen LogP contribution is 2.24. The zero-order chi connectivity index (χ0) is 12.5. The summed E-state index contributed by atoms with van der Waals surface area (Å²) < 4.78 is 5.07. The summed E-state index contributed by atoms with van der Waals surface area (Å²) in [4.78, 5) is 0. The molecule has 1 unspecified atom stereocenters. The monoisotopic (exact) mass is 243 g/mol. The van der Waals surface area contributed by atoms with Crippen LogP contribution in [0.1, 0.15) is 52.4 Å². The molecule has 1 aliphatic rings. The third kappa shape index (κ3) is 6.39. The fourth-order valence-electron chi connectivity index (χ4n) is 2.72. The molecule has 1 saturated carbocycles. The van der Waals surface area contributed by atoms with E-state index in [9.17, 15) is 0 Å². The molecule has 17 heavy (non-hydrogen) atoms. The van der Waals surface area contributed by atoms with Crippen LogP contribution < -0.4 is 5.32 Å². The van der Waals surface area contributed by atoms with E-state index in [1.807, 2.05) is 0 Å². The molecule has 0 aromatic rings. The summed E-state index contributed by atoms with van der Waals surface area (Å²) in [6, 6.07) is 0.708. The van der Waals surface area contributed by atoms with Gasteiger partial charge in [0.25, 0.3) is 0 Å². The first-order valence-corrected chi connectivity index (χ1v) is 7.18. The van der Waals surface area contributed by atoms with Gasteiger partial charge in [-0.1, -0.05) is 20.3 Å². The lowest BCUT2D eigenvalue weighted by Crippen LogP contribution is -2.36. The van der Waals surface area contributed by atoms with Crippen LogP contribution >= 0.6 is 0 Å². The molecule has 0 spiro atoms. The molecular weight excluding hydrogens is 214 g/mol. The van der Waals surface area contributed by atoms with Crippen molar-refractivity contribution in [1.29, 1.82) is 0 Å². The third-order valence-corrected chi connectivity index (χ3v) is 3.83. The molecule has 0 aromatic carbocycles. The molecule has 0 amide bonds. The van der Waals surface area contributed by atoms with Gasteiger partial charge in [0.2, 0.25) is 0 Å². The van der Waals surface area contributed by atoms with E-state index in [0.29, 0.717) is 12.0 Å². The number of hydrogen-bond acceptors (Lipinski definition) is 3. The summed E-state index contributed by atoms with van der Waals surface area (Å²) in [5.74, 6) is 1.46. The van der Waals surface area contributed by atoms with Crippen LogP contribution in [0, 0.1) is 11.8 Å². The zero-order valence-electron chi connectivity index (χ0n) is 11.5. The Bertz CT molecular complexity index is 179. The van der Waals surface area contributed by atoms with Gasteiger partial charge in [-0.2, -0.15) is 0 Å². The topological polar surface area (TPSA) is 41.5 Å². The number of hydrogen-bond donors (Lipinski definition) is 2. The van der Waals surface area contributed by atoms with E-state index in [4.69, 9.17) is 9.84 Å². The zero-order valence-corrected chi connectivity index (χ0v) is 11.5. The van der Waals surface area contributed by atoms with E-state index in [2.05, 4.69) is 19.2 Å². The van der Waals surface area contributed by atoms with Gasteiger partial charge in [-0.3, -0.25) is 0 Å².